The highest BCUT2D eigenvalue weighted by atomic mass is 19.1. The molecule has 0 spiro atoms. The maximum Gasteiger partial charge on any atom is 0.165 e. The van der Waals surface area contributed by atoms with Crippen molar-refractivity contribution in [2.75, 3.05) is 7.11 Å². The number of hydrogen-bond donors (Lipinski definition) is 0. The third-order valence-corrected chi connectivity index (χ3v) is 6.78. The summed E-state index contributed by atoms with van der Waals surface area (Å²) in [5.74, 6) is -0.680. The second-order valence-electron chi connectivity index (χ2n) is 9.31. The summed E-state index contributed by atoms with van der Waals surface area (Å²) in [6.45, 7) is 2.25. The maximum absolute atomic E-state index is 15.3. The van der Waals surface area contributed by atoms with Crippen LogP contribution in [0.25, 0.3) is 21.9 Å². The molecule has 1 nitrogen and oxygen atoms in total. The van der Waals surface area contributed by atoms with Crippen LogP contribution in [0, 0.1) is 11.6 Å². The lowest BCUT2D eigenvalue weighted by Crippen LogP contribution is -1.94. The lowest BCUT2D eigenvalue weighted by atomic mass is 9.96. The number of rotatable bonds is 11. The Hall–Kier alpha value is -3.20. The van der Waals surface area contributed by atoms with Gasteiger partial charge in [-0.2, -0.15) is 0 Å². The van der Waals surface area contributed by atoms with Gasteiger partial charge in [0.15, 0.2) is 11.6 Å². The van der Waals surface area contributed by atoms with Crippen molar-refractivity contribution in [2.45, 2.75) is 58.3 Å². The molecule has 0 saturated heterocycles. The number of unbranched alkanes of at least 4 members (excludes halogenated alkanes) is 4. The summed E-state index contributed by atoms with van der Waals surface area (Å²) in [5, 5.41) is 1.40. The summed E-state index contributed by atoms with van der Waals surface area (Å²) >= 11 is 0. The van der Waals surface area contributed by atoms with Gasteiger partial charge in [-0.1, -0.05) is 93.3 Å². The van der Waals surface area contributed by atoms with E-state index in [1.165, 1.54) is 68.0 Å². The minimum absolute atomic E-state index is 0.150. The summed E-state index contributed by atoms with van der Waals surface area (Å²) in [7, 11) is 1.41. The molecule has 0 aliphatic heterocycles. The van der Waals surface area contributed by atoms with Crippen LogP contribution >= 0.6 is 0 Å². The standard InChI is InChI=1S/C32H34F2O/c1-3-4-5-6-7-8-23-9-11-24(12-10-23)13-14-25-15-18-28-26(21-25)16-19-29(32(28)34)27-17-20-31(35-2)30(33)22-27/h9-12,15-22H,3-8,13-14H2,1-2H3. The van der Waals surface area contributed by atoms with Crippen molar-refractivity contribution in [1.29, 1.82) is 0 Å². The number of ether oxygens (including phenoxy) is 1. The molecule has 4 rings (SSSR count). The predicted octanol–water partition coefficient (Wildman–Crippen LogP) is 9.09. The van der Waals surface area contributed by atoms with E-state index in [1.807, 2.05) is 18.2 Å². The van der Waals surface area contributed by atoms with E-state index < -0.39 is 5.82 Å². The molecule has 4 aromatic rings. The van der Waals surface area contributed by atoms with Crippen LogP contribution < -0.4 is 4.74 Å². The molecule has 3 heteroatoms. The van der Waals surface area contributed by atoms with E-state index in [2.05, 4.69) is 37.3 Å². The van der Waals surface area contributed by atoms with Gasteiger partial charge in [0.25, 0.3) is 0 Å². The summed E-state index contributed by atoms with van der Waals surface area (Å²) in [5.41, 5.74) is 4.80. The molecule has 0 atom stereocenters. The second kappa shape index (κ2) is 12.0. The first-order valence-electron chi connectivity index (χ1n) is 12.7. The number of fused-ring (bicyclic) bond motifs is 1. The summed E-state index contributed by atoms with van der Waals surface area (Å²) in [6.07, 6.45) is 9.56. The van der Waals surface area contributed by atoms with Crippen molar-refractivity contribution >= 4 is 10.8 Å². The average Bonchev–Trinajstić information content (AvgIpc) is 2.88. The van der Waals surface area contributed by atoms with E-state index in [9.17, 15) is 4.39 Å². The Labute approximate surface area is 207 Å². The van der Waals surface area contributed by atoms with Gasteiger partial charge in [0, 0.05) is 10.9 Å². The number of benzene rings is 4. The minimum Gasteiger partial charge on any atom is -0.494 e. The SMILES string of the molecule is CCCCCCCc1ccc(CCc2ccc3c(F)c(-c4ccc(OC)c(F)c4)ccc3c2)cc1. The van der Waals surface area contributed by atoms with Gasteiger partial charge in [0.05, 0.1) is 7.11 Å². The smallest absolute Gasteiger partial charge is 0.165 e. The molecular weight excluding hydrogens is 438 g/mol. The van der Waals surface area contributed by atoms with Crippen LogP contribution in [-0.2, 0) is 19.3 Å². The van der Waals surface area contributed by atoms with E-state index in [-0.39, 0.29) is 11.6 Å². The minimum atomic E-state index is -0.500. The average molecular weight is 473 g/mol. The van der Waals surface area contributed by atoms with Gasteiger partial charge in [-0.05, 0) is 65.5 Å². The fourth-order valence-corrected chi connectivity index (χ4v) is 4.65. The molecule has 0 radical (unpaired) electrons. The molecule has 182 valence electrons. The van der Waals surface area contributed by atoms with Gasteiger partial charge in [0.2, 0.25) is 0 Å². The highest BCUT2D eigenvalue weighted by Gasteiger charge is 2.12. The van der Waals surface area contributed by atoms with Gasteiger partial charge in [-0.15, -0.1) is 0 Å². The van der Waals surface area contributed by atoms with Crippen LogP contribution in [0.1, 0.15) is 55.7 Å². The molecule has 0 bridgehead atoms. The molecule has 0 heterocycles. The van der Waals surface area contributed by atoms with E-state index in [4.69, 9.17) is 4.74 Å². The Morgan fingerprint density at radius 2 is 1.34 bits per heavy atom. The summed E-state index contributed by atoms with van der Waals surface area (Å²) in [4.78, 5) is 0. The third-order valence-electron chi connectivity index (χ3n) is 6.78. The molecule has 4 aromatic carbocycles. The van der Waals surface area contributed by atoms with Crippen molar-refractivity contribution < 1.29 is 13.5 Å². The lowest BCUT2D eigenvalue weighted by Gasteiger charge is -2.10. The highest BCUT2D eigenvalue weighted by Crippen LogP contribution is 2.32. The first kappa shape index (κ1) is 24.9. The zero-order valence-electron chi connectivity index (χ0n) is 20.7. The van der Waals surface area contributed by atoms with Crippen LogP contribution in [0.3, 0.4) is 0 Å². The monoisotopic (exact) mass is 472 g/mol. The quantitative estimate of drug-likeness (QED) is 0.198. The maximum atomic E-state index is 15.3. The van der Waals surface area contributed by atoms with E-state index in [1.54, 1.807) is 12.1 Å². The van der Waals surface area contributed by atoms with Crippen LogP contribution in [0.4, 0.5) is 8.78 Å². The third kappa shape index (κ3) is 6.28. The highest BCUT2D eigenvalue weighted by molar-refractivity contribution is 5.88. The zero-order chi connectivity index (χ0) is 24.6. The number of hydrogen-bond acceptors (Lipinski definition) is 1. The largest absolute Gasteiger partial charge is 0.494 e. The normalized spacial score (nSPS) is 11.2. The molecule has 0 aromatic heterocycles. The Kier molecular flexibility index (Phi) is 8.52. The van der Waals surface area contributed by atoms with Crippen molar-refractivity contribution in [1.82, 2.24) is 0 Å². The molecule has 0 fully saturated rings. The van der Waals surface area contributed by atoms with Gasteiger partial charge in [-0.3, -0.25) is 0 Å². The van der Waals surface area contributed by atoms with Crippen LogP contribution in [0.2, 0.25) is 0 Å². The molecular formula is C32H34F2O. The van der Waals surface area contributed by atoms with Crippen molar-refractivity contribution in [3.8, 4) is 16.9 Å². The van der Waals surface area contributed by atoms with Gasteiger partial charge in [0.1, 0.15) is 5.82 Å². The second-order valence-corrected chi connectivity index (χ2v) is 9.31. The summed E-state index contributed by atoms with van der Waals surface area (Å²) in [6, 6.07) is 23.0. The summed E-state index contributed by atoms with van der Waals surface area (Å²) < 4.78 is 34.4. The van der Waals surface area contributed by atoms with Crippen molar-refractivity contribution in [2.24, 2.45) is 0 Å². The lowest BCUT2D eigenvalue weighted by molar-refractivity contribution is 0.386. The van der Waals surface area contributed by atoms with Crippen molar-refractivity contribution in [3.05, 3.63) is 101 Å². The fraction of sp³-hybridized carbons (Fsp3) is 0.312. The molecule has 0 aliphatic carbocycles. The van der Waals surface area contributed by atoms with E-state index in [0.717, 1.165) is 24.6 Å². The Balaban J connectivity index is 1.40. The number of aryl methyl sites for hydroxylation is 3. The number of halogens is 2. The zero-order valence-corrected chi connectivity index (χ0v) is 20.7. The van der Waals surface area contributed by atoms with Crippen molar-refractivity contribution in [3.63, 3.8) is 0 Å². The first-order chi connectivity index (χ1) is 17.1. The molecule has 0 N–H and O–H groups in total. The Bertz CT molecular complexity index is 1260. The predicted molar refractivity (Wildman–Crippen MR) is 142 cm³/mol. The Morgan fingerprint density at radius 1 is 0.657 bits per heavy atom. The van der Waals surface area contributed by atoms with Gasteiger partial charge >= 0.3 is 0 Å². The van der Waals surface area contributed by atoms with Gasteiger partial charge < -0.3 is 4.74 Å². The molecule has 0 saturated carbocycles. The van der Waals surface area contributed by atoms with Crippen LogP contribution in [0.5, 0.6) is 5.75 Å². The fourth-order valence-electron chi connectivity index (χ4n) is 4.65. The molecule has 0 aliphatic rings. The topological polar surface area (TPSA) is 9.23 Å². The van der Waals surface area contributed by atoms with E-state index in [0.29, 0.717) is 16.5 Å². The Morgan fingerprint density at radius 3 is 2.06 bits per heavy atom. The van der Waals surface area contributed by atoms with Gasteiger partial charge in [-0.25, -0.2) is 8.78 Å². The molecule has 0 unspecified atom stereocenters. The molecule has 0 amide bonds. The first-order valence-corrected chi connectivity index (χ1v) is 12.7. The molecule has 35 heavy (non-hydrogen) atoms. The van der Waals surface area contributed by atoms with E-state index >= 15 is 4.39 Å². The number of methoxy groups -OCH3 is 1. The van der Waals surface area contributed by atoms with Crippen LogP contribution in [0.15, 0.2) is 72.8 Å². The van der Waals surface area contributed by atoms with Crippen LogP contribution in [-0.4, -0.2) is 7.11 Å².